The molecule has 2 heterocycles. The summed E-state index contributed by atoms with van der Waals surface area (Å²) in [7, 11) is 0. The fourth-order valence-electron chi connectivity index (χ4n) is 3.93. The fourth-order valence-corrected chi connectivity index (χ4v) is 3.93. The van der Waals surface area contributed by atoms with E-state index in [0.29, 0.717) is 11.8 Å². The molecule has 4 rings (SSSR count). The number of aromatic nitrogens is 2. The smallest absolute Gasteiger partial charge is 0.0724 e. The van der Waals surface area contributed by atoms with Crippen molar-refractivity contribution in [3.63, 3.8) is 0 Å². The van der Waals surface area contributed by atoms with Crippen molar-refractivity contribution in [2.45, 2.75) is 32.7 Å². The molecule has 4 heteroatoms. The minimum atomic E-state index is 0.190. The van der Waals surface area contributed by atoms with Gasteiger partial charge in [0, 0.05) is 35.7 Å². The highest BCUT2D eigenvalue weighted by molar-refractivity contribution is 5.82. The number of H-pyrrole nitrogens is 1. The molecule has 0 saturated carbocycles. The Morgan fingerprint density at radius 1 is 1.42 bits per heavy atom. The summed E-state index contributed by atoms with van der Waals surface area (Å²) in [6, 6.07) is 6.56. The molecule has 3 atom stereocenters. The van der Waals surface area contributed by atoms with Crippen molar-refractivity contribution < 1.29 is 0 Å². The van der Waals surface area contributed by atoms with Gasteiger partial charge in [0.05, 0.1) is 17.8 Å². The van der Waals surface area contributed by atoms with Gasteiger partial charge in [-0.1, -0.05) is 37.6 Å². The number of nitrogens with one attached hydrogen (secondary N) is 2. The van der Waals surface area contributed by atoms with Gasteiger partial charge < -0.3 is 5.32 Å². The number of allylic oxidation sites excluding steroid dienone is 2. The van der Waals surface area contributed by atoms with E-state index in [1.54, 1.807) is 0 Å². The van der Waals surface area contributed by atoms with Crippen LogP contribution in [0.4, 0.5) is 5.69 Å². The molecule has 0 spiro atoms. The van der Waals surface area contributed by atoms with Gasteiger partial charge in [-0.05, 0) is 42.7 Å². The van der Waals surface area contributed by atoms with E-state index in [9.17, 15) is 0 Å². The molecule has 4 nitrogen and oxygen atoms in total. The molecule has 0 amide bonds. The second-order valence-corrected chi connectivity index (χ2v) is 7.14. The molecule has 1 aliphatic heterocycles. The number of hydrogen-bond acceptors (Lipinski definition) is 3. The van der Waals surface area contributed by atoms with Crippen molar-refractivity contribution in [2.75, 3.05) is 11.9 Å². The maximum atomic E-state index is 4.47. The van der Waals surface area contributed by atoms with E-state index in [1.807, 2.05) is 6.20 Å². The quantitative estimate of drug-likeness (QED) is 0.731. The molecule has 1 aromatic carbocycles. The van der Waals surface area contributed by atoms with Crippen molar-refractivity contribution in [1.29, 1.82) is 0 Å². The van der Waals surface area contributed by atoms with E-state index in [1.165, 1.54) is 11.1 Å². The summed E-state index contributed by atoms with van der Waals surface area (Å²) in [5, 5.41) is 12.0. The van der Waals surface area contributed by atoms with Gasteiger partial charge in [0.15, 0.2) is 0 Å². The van der Waals surface area contributed by atoms with Gasteiger partial charge in [0.1, 0.15) is 0 Å². The van der Waals surface area contributed by atoms with Crippen LogP contribution in [-0.4, -0.2) is 29.0 Å². The lowest BCUT2D eigenvalue weighted by Gasteiger charge is -2.28. The Morgan fingerprint density at radius 3 is 3.19 bits per heavy atom. The Hall–Kier alpha value is -2.62. The summed E-state index contributed by atoms with van der Waals surface area (Å²) >= 11 is 0. The summed E-state index contributed by atoms with van der Waals surface area (Å²) in [4.78, 5) is 4.47. The van der Waals surface area contributed by atoms with E-state index in [2.05, 4.69) is 83.1 Å². The number of aromatic amines is 1. The number of rotatable bonds is 6. The second kappa shape index (κ2) is 7.32. The van der Waals surface area contributed by atoms with Crippen LogP contribution in [0.2, 0.25) is 0 Å². The van der Waals surface area contributed by atoms with E-state index >= 15 is 0 Å². The SMILES string of the molecule is C/C=C(\CCC)C(Nc1ccc2[nH]ncc2c1)C1=CC2C=NCC2C=C1. The largest absolute Gasteiger partial charge is 0.374 e. The molecule has 0 fully saturated rings. The monoisotopic (exact) mass is 346 g/mol. The maximum Gasteiger partial charge on any atom is 0.0724 e. The van der Waals surface area contributed by atoms with Crippen LogP contribution in [0.1, 0.15) is 26.7 Å². The molecule has 2 aromatic rings. The first kappa shape index (κ1) is 16.8. The minimum Gasteiger partial charge on any atom is -0.374 e. The number of benzene rings is 1. The van der Waals surface area contributed by atoms with Gasteiger partial charge in [-0.2, -0.15) is 5.10 Å². The zero-order valence-electron chi connectivity index (χ0n) is 15.4. The van der Waals surface area contributed by atoms with Crippen molar-refractivity contribution in [3.05, 3.63) is 59.8 Å². The molecule has 2 N–H and O–H groups in total. The van der Waals surface area contributed by atoms with Crippen LogP contribution in [0, 0.1) is 11.8 Å². The number of nitrogens with zero attached hydrogens (tertiary/aromatic N) is 2. The third-order valence-electron chi connectivity index (χ3n) is 5.37. The fraction of sp³-hybridized carbons (Fsp3) is 0.364. The highest BCUT2D eigenvalue weighted by Crippen LogP contribution is 2.31. The lowest BCUT2D eigenvalue weighted by atomic mass is 9.83. The molecular weight excluding hydrogens is 320 g/mol. The first-order valence-corrected chi connectivity index (χ1v) is 9.53. The van der Waals surface area contributed by atoms with Crippen LogP contribution >= 0.6 is 0 Å². The third-order valence-corrected chi connectivity index (χ3v) is 5.37. The molecule has 3 unspecified atom stereocenters. The van der Waals surface area contributed by atoms with Crippen LogP contribution in [0.5, 0.6) is 0 Å². The zero-order valence-corrected chi connectivity index (χ0v) is 15.4. The van der Waals surface area contributed by atoms with Gasteiger partial charge in [0.25, 0.3) is 0 Å². The average molecular weight is 346 g/mol. The number of aliphatic imine (C=N–C) groups is 1. The average Bonchev–Trinajstić information content (AvgIpc) is 3.32. The molecule has 134 valence electrons. The van der Waals surface area contributed by atoms with Gasteiger partial charge in [-0.15, -0.1) is 0 Å². The second-order valence-electron chi connectivity index (χ2n) is 7.14. The van der Waals surface area contributed by atoms with Gasteiger partial charge in [-0.3, -0.25) is 10.1 Å². The standard InChI is InChI=1S/C22H26N4/c1-3-5-15(4-2)22(16-6-7-17-12-23-13-18(17)10-16)25-20-8-9-21-19(11-20)14-24-26-21/h4,6-11,13-14,17-18,22,25H,3,5,12H2,1-2H3,(H,24,26)/b15-4+. The zero-order chi connectivity index (χ0) is 17.9. The summed E-state index contributed by atoms with van der Waals surface area (Å²) < 4.78 is 0. The van der Waals surface area contributed by atoms with E-state index in [-0.39, 0.29) is 6.04 Å². The van der Waals surface area contributed by atoms with E-state index in [4.69, 9.17) is 0 Å². The van der Waals surface area contributed by atoms with Crippen LogP contribution in [0.25, 0.3) is 10.9 Å². The minimum absolute atomic E-state index is 0.190. The predicted octanol–water partition coefficient (Wildman–Crippen LogP) is 4.90. The lowest BCUT2D eigenvalue weighted by molar-refractivity contribution is 0.628. The Bertz CT molecular complexity index is 900. The molecule has 0 radical (unpaired) electrons. The van der Waals surface area contributed by atoms with Gasteiger partial charge in [-0.25, -0.2) is 0 Å². The van der Waals surface area contributed by atoms with Crippen molar-refractivity contribution in [2.24, 2.45) is 16.8 Å². The molecule has 26 heavy (non-hydrogen) atoms. The third kappa shape index (κ3) is 3.24. The number of hydrogen-bond donors (Lipinski definition) is 2. The van der Waals surface area contributed by atoms with Crippen LogP contribution < -0.4 is 5.32 Å². The number of anilines is 1. The topological polar surface area (TPSA) is 53.1 Å². The van der Waals surface area contributed by atoms with Crippen LogP contribution in [-0.2, 0) is 0 Å². The highest BCUT2D eigenvalue weighted by atomic mass is 15.1. The predicted molar refractivity (Wildman–Crippen MR) is 110 cm³/mol. The molecular formula is C22H26N4. The van der Waals surface area contributed by atoms with Crippen molar-refractivity contribution in [1.82, 2.24) is 10.2 Å². The molecule has 1 aliphatic carbocycles. The van der Waals surface area contributed by atoms with Crippen molar-refractivity contribution in [3.8, 4) is 0 Å². The molecule has 2 aliphatic rings. The molecule has 0 saturated heterocycles. The first-order chi connectivity index (χ1) is 12.8. The van der Waals surface area contributed by atoms with Crippen LogP contribution in [0.3, 0.4) is 0 Å². The van der Waals surface area contributed by atoms with Gasteiger partial charge in [0.2, 0.25) is 0 Å². The Balaban J connectivity index is 1.66. The summed E-state index contributed by atoms with van der Waals surface area (Å²) in [5.41, 5.74) is 4.96. The lowest BCUT2D eigenvalue weighted by Crippen LogP contribution is -2.27. The van der Waals surface area contributed by atoms with Crippen molar-refractivity contribution >= 4 is 22.8 Å². The normalized spacial score (nSPS) is 23.2. The molecule has 1 aromatic heterocycles. The maximum absolute atomic E-state index is 4.47. The molecule has 0 bridgehead atoms. The first-order valence-electron chi connectivity index (χ1n) is 9.53. The van der Waals surface area contributed by atoms with E-state index in [0.717, 1.165) is 36.0 Å². The van der Waals surface area contributed by atoms with Gasteiger partial charge >= 0.3 is 0 Å². The summed E-state index contributed by atoms with van der Waals surface area (Å²) in [6.45, 7) is 5.31. The Morgan fingerprint density at radius 2 is 2.35 bits per heavy atom. The Kier molecular flexibility index (Phi) is 4.74. The summed E-state index contributed by atoms with van der Waals surface area (Å²) in [6.07, 6.45) is 15.5. The van der Waals surface area contributed by atoms with E-state index < -0.39 is 0 Å². The number of fused-ring (bicyclic) bond motifs is 2. The van der Waals surface area contributed by atoms with Crippen LogP contribution in [0.15, 0.2) is 64.8 Å². The summed E-state index contributed by atoms with van der Waals surface area (Å²) in [5.74, 6) is 0.984. The highest BCUT2D eigenvalue weighted by Gasteiger charge is 2.26. The Labute approximate surface area is 154 Å².